The van der Waals surface area contributed by atoms with Crippen molar-refractivity contribution in [3.05, 3.63) is 17.1 Å². The van der Waals surface area contributed by atoms with Crippen molar-refractivity contribution in [2.75, 3.05) is 13.6 Å². The number of aryl methyl sites for hydroxylation is 2. The fraction of sp³-hybridized carbons (Fsp3) is 0.667. The Labute approximate surface area is 108 Å². The fourth-order valence-electron chi connectivity index (χ4n) is 1.89. The second-order valence-corrected chi connectivity index (χ2v) is 6.34. The highest BCUT2D eigenvalue weighted by Crippen LogP contribution is 2.28. The molecule has 5 nitrogen and oxygen atoms in total. The van der Waals surface area contributed by atoms with Crippen LogP contribution in [0.2, 0.25) is 0 Å². The van der Waals surface area contributed by atoms with Crippen LogP contribution in [0.5, 0.6) is 0 Å². The highest BCUT2D eigenvalue weighted by molar-refractivity contribution is 7.89. The molecule has 0 saturated carbocycles. The Balaban J connectivity index is 3.20. The molecule has 0 aliphatic carbocycles. The lowest BCUT2D eigenvalue weighted by Crippen LogP contribution is -2.28. The number of nitrogens with zero attached hydrogens (tertiary/aromatic N) is 1. The first-order valence-electron chi connectivity index (χ1n) is 6.02. The lowest BCUT2D eigenvalue weighted by atomic mass is 10.2. The van der Waals surface area contributed by atoms with E-state index in [1.807, 2.05) is 6.92 Å². The van der Waals surface area contributed by atoms with E-state index in [9.17, 15) is 13.5 Å². The Morgan fingerprint density at radius 1 is 1.28 bits per heavy atom. The molecule has 0 saturated heterocycles. The maximum Gasteiger partial charge on any atom is 0.246 e. The van der Waals surface area contributed by atoms with Gasteiger partial charge >= 0.3 is 0 Å². The summed E-state index contributed by atoms with van der Waals surface area (Å²) in [5.41, 5.74) is 0.357. The van der Waals surface area contributed by atoms with Crippen molar-refractivity contribution in [3.63, 3.8) is 0 Å². The van der Waals surface area contributed by atoms with Crippen LogP contribution in [0, 0.1) is 13.8 Å². The molecule has 0 aromatic carbocycles. The van der Waals surface area contributed by atoms with E-state index in [0.717, 1.165) is 12.8 Å². The number of aliphatic hydroxyl groups excluding tert-OH is 1. The first kappa shape index (κ1) is 15.2. The Morgan fingerprint density at radius 2 is 1.89 bits per heavy atom. The van der Waals surface area contributed by atoms with Crippen molar-refractivity contribution < 1.29 is 17.9 Å². The van der Waals surface area contributed by atoms with Crippen LogP contribution in [0.25, 0.3) is 0 Å². The van der Waals surface area contributed by atoms with Gasteiger partial charge in [0.25, 0.3) is 0 Å². The van der Waals surface area contributed by atoms with Gasteiger partial charge in [0.05, 0.1) is 6.61 Å². The van der Waals surface area contributed by atoms with Crippen molar-refractivity contribution >= 4 is 10.0 Å². The molecule has 0 radical (unpaired) electrons. The monoisotopic (exact) mass is 275 g/mol. The zero-order valence-corrected chi connectivity index (χ0v) is 12.2. The Kier molecular flexibility index (Phi) is 4.95. The third-order valence-corrected chi connectivity index (χ3v) is 5.03. The van der Waals surface area contributed by atoms with Crippen LogP contribution in [0.3, 0.4) is 0 Å². The summed E-state index contributed by atoms with van der Waals surface area (Å²) in [6, 6.07) is 0. The molecule has 0 unspecified atom stereocenters. The average Bonchev–Trinajstić information content (AvgIpc) is 2.60. The maximum atomic E-state index is 12.4. The molecular formula is C12H21NO4S. The highest BCUT2D eigenvalue weighted by Gasteiger charge is 2.29. The van der Waals surface area contributed by atoms with Crippen LogP contribution < -0.4 is 0 Å². The van der Waals surface area contributed by atoms with E-state index in [1.165, 1.54) is 4.31 Å². The molecule has 1 aromatic heterocycles. The minimum Gasteiger partial charge on any atom is -0.465 e. The average molecular weight is 275 g/mol. The van der Waals surface area contributed by atoms with Crippen LogP contribution in [-0.2, 0) is 16.6 Å². The first-order chi connectivity index (χ1) is 8.36. The smallest absolute Gasteiger partial charge is 0.246 e. The van der Waals surface area contributed by atoms with E-state index in [4.69, 9.17) is 4.42 Å². The lowest BCUT2D eigenvalue weighted by Gasteiger charge is -2.17. The molecule has 0 aliphatic heterocycles. The largest absolute Gasteiger partial charge is 0.465 e. The molecule has 1 aromatic rings. The van der Waals surface area contributed by atoms with E-state index in [0.29, 0.717) is 23.6 Å². The third-order valence-electron chi connectivity index (χ3n) is 2.98. The van der Waals surface area contributed by atoms with E-state index >= 15 is 0 Å². The summed E-state index contributed by atoms with van der Waals surface area (Å²) in [7, 11) is -2.03. The summed E-state index contributed by atoms with van der Waals surface area (Å²) < 4.78 is 31.4. The van der Waals surface area contributed by atoms with E-state index in [-0.39, 0.29) is 11.5 Å². The van der Waals surface area contributed by atoms with Gasteiger partial charge in [-0.2, -0.15) is 0 Å². The van der Waals surface area contributed by atoms with Crippen molar-refractivity contribution in [2.45, 2.75) is 45.1 Å². The van der Waals surface area contributed by atoms with Gasteiger partial charge in [-0.25, -0.2) is 12.7 Å². The Hall–Kier alpha value is -0.850. The maximum absolute atomic E-state index is 12.4. The molecule has 1 N–H and O–H groups in total. The predicted molar refractivity (Wildman–Crippen MR) is 68.8 cm³/mol. The fourth-order valence-corrected chi connectivity index (χ4v) is 3.49. The molecule has 18 heavy (non-hydrogen) atoms. The van der Waals surface area contributed by atoms with Crippen LogP contribution >= 0.6 is 0 Å². The lowest BCUT2D eigenvalue weighted by molar-refractivity contribution is 0.276. The Bertz CT molecular complexity index is 504. The van der Waals surface area contributed by atoms with E-state index < -0.39 is 10.0 Å². The summed E-state index contributed by atoms with van der Waals surface area (Å²) in [5.74, 6) is 0.789. The topological polar surface area (TPSA) is 70.8 Å². The number of furan rings is 1. The third kappa shape index (κ3) is 2.76. The number of aliphatic hydroxyl groups is 1. The van der Waals surface area contributed by atoms with Crippen LogP contribution in [0.1, 0.15) is 36.8 Å². The first-order valence-corrected chi connectivity index (χ1v) is 7.46. The summed E-state index contributed by atoms with van der Waals surface area (Å²) in [4.78, 5) is 0.112. The molecule has 0 fully saturated rings. The quantitative estimate of drug-likeness (QED) is 0.859. The molecule has 0 bridgehead atoms. The number of unbranched alkanes of at least 4 members (excludes halogenated alkanes) is 1. The second-order valence-electron chi connectivity index (χ2n) is 4.36. The van der Waals surface area contributed by atoms with Crippen molar-refractivity contribution in [2.24, 2.45) is 0 Å². The standard InChI is InChI=1S/C12H21NO4S/c1-5-6-7-13(4)18(15,16)12-10(3)17-9(2)11(12)8-14/h14H,5-8H2,1-4H3. The van der Waals surface area contributed by atoms with Gasteiger partial charge in [-0.3, -0.25) is 0 Å². The van der Waals surface area contributed by atoms with Crippen LogP contribution in [0.15, 0.2) is 9.31 Å². The molecule has 1 heterocycles. The normalized spacial score (nSPS) is 12.3. The van der Waals surface area contributed by atoms with Gasteiger partial charge in [-0.15, -0.1) is 0 Å². The summed E-state index contributed by atoms with van der Waals surface area (Å²) in [6.45, 7) is 5.40. The summed E-state index contributed by atoms with van der Waals surface area (Å²) in [5, 5.41) is 9.29. The molecule has 0 atom stereocenters. The minimum atomic E-state index is -3.58. The number of rotatable bonds is 6. The van der Waals surface area contributed by atoms with Gasteiger partial charge in [-0.05, 0) is 20.3 Å². The van der Waals surface area contributed by atoms with E-state index in [2.05, 4.69) is 0 Å². The van der Waals surface area contributed by atoms with Gasteiger partial charge in [0, 0.05) is 19.2 Å². The molecule has 0 amide bonds. The highest BCUT2D eigenvalue weighted by atomic mass is 32.2. The zero-order chi connectivity index (χ0) is 13.9. The molecular weight excluding hydrogens is 254 g/mol. The minimum absolute atomic E-state index is 0.112. The number of hydrogen-bond acceptors (Lipinski definition) is 4. The molecule has 1 rings (SSSR count). The summed E-state index contributed by atoms with van der Waals surface area (Å²) >= 11 is 0. The molecule has 0 aliphatic rings. The van der Waals surface area contributed by atoms with Gasteiger partial charge in [-0.1, -0.05) is 13.3 Å². The van der Waals surface area contributed by atoms with Gasteiger partial charge in [0.2, 0.25) is 10.0 Å². The Morgan fingerprint density at radius 3 is 2.39 bits per heavy atom. The van der Waals surface area contributed by atoms with Crippen LogP contribution in [0.4, 0.5) is 0 Å². The number of hydrogen-bond donors (Lipinski definition) is 1. The van der Waals surface area contributed by atoms with E-state index in [1.54, 1.807) is 20.9 Å². The van der Waals surface area contributed by atoms with Crippen LogP contribution in [-0.4, -0.2) is 31.4 Å². The second kappa shape index (κ2) is 5.86. The molecule has 104 valence electrons. The number of sulfonamides is 1. The van der Waals surface area contributed by atoms with Crippen molar-refractivity contribution in [1.29, 1.82) is 0 Å². The summed E-state index contributed by atoms with van der Waals surface area (Å²) in [6.07, 6.45) is 1.73. The van der Waals surface area contributed by atoms with Crippen molar-refractivity contribution in [1.82, 2.24) is 4.31 Å². The molecule has 6 heteroatoms. The van der Waals surface area contributed by atoms with Gasteiger partial charge in [0.1, 0.15) is 16.4 Å². The predicted octanol–water partition coefficient (Wildman–Crippen LogP) is 1.81. The van der Waals surface area contributed by atoms with Gasteiger partial charge in [0.15, 0.2) is 0 Å². The molecule has 0 spiro atoms. The van der Waals surface area contributed by atoms with Crippen molar-refractivity contribution in [3.8, 4) is 0 Å². The zero-order valence-electron chi connectivity index (χ0n) is 11.4. The SMILES string of the molecule is CCCCN(C)S(=O)(=O)c1c(C)oc(C)c1CO. The van der Waals surface area contributed by atoms with Gasteiger partial charge < -0.3 is 9.52 Å².